The molecule has 1 amide bonds. The largest absolute Gasteiger partial charge is 0.277 e. The van der Waals surface area contributed by atoms with E-state index in [9.17, 15) is 9.59 Å². The zero-order valence-corrected chi connectivity index (χ0v) is 16.9. The highest BCUT2D eigenvalue weighted by atomic mass is 16.2. The molecule has 0 aliphatic rings. The van der Waals surface area contributed by atoms with Gasteiger partial charge in [0.2, 0.25) is 0 Å². The van der Waals surface area contributed by atoms with Crippen LogP contribution in [0.4, 0.5) is 0 Å². The number of rotatable bonds is 5. The lowest BCUT2D eigenvalue weighted by atomic mass is 9.95. The van der Waals surface area contributed by atoms with Crippen molar-refractivity contribution in [2.75, 3.05) is 0 Å². The van der Waals surface area contributed by atoms with Crippen LogP contribution in [0.3, 0.4) is 0 Å². The summed E-state index contributed by atoms with van der Waals surface area (Å²) < 4.78 is 0. The van der Waals surface area contributed by atoms with Crippen molar-refractivity contribution in [1.29, 1.82) is 0 Å². The van der Waals surface area contributed by atoms with Crippen LogP contribution >= 0.6 is 0 Å². The normalized spacial score (nSPS) is 11.2. The molecule has 0 spiro atoms. The minimum absolute atomic E-state index is 0.0373. The third-order valence-electron chi connectivity index (χ3n) is 4.84. The molecule has 0 bridgehead atoms. The van der Waals surface area contributed by atoms with E-state index in [4.69, 9.17) is 0 Å². The number of carbonyl (C=O) groups excluding carboxylic acids is 1. The second kappa shape index (κ2) is 9.00. The molecule has 4 rings (SSSR count). The monoisotopic (exact) mass is 408 g/mol. The molecular weight excluding hydrogens is 388 g/mol. The molecular formula is C25H20N4O2. The summed E-state index contributed by atoms with van der Waals surface area (Å²) >= 11 is 0. The number of carbonyl (C=O) groups is 1. The van der Waals surface area contributed by atoms with Gasteiger partial charge in [-0.2, -0.15) is 10.2 Å². The Balaban J connectivity index is 1.82. The molecule has 0 fully saturated rings. The van der Waals surface area contributed by atoms with Crippen LogP contribution < -0.4 is 11.0 Å². The van der Waals surface area contributed by atoms with Crippen LogP contribution in [-0.4, -0.2) is 21.8 Å². The van der Waals surface area contributed by atoms with Crippen LogP contribution in [0, 0.1) is 0 Å². The first kappa shape index (κ1) is 20.0. The van der Waals surface area contributed by atoms with Crippen LogP contribution in [0.2, 0.25) is 0 Å². The Bertz CT molecular complexity index is 1280. The van der Waals surface area contributed by atoms with Gasteiger partial charge >= 0.3 is 0 Å². The van der Waals surface area contributed by atoms with Gasteiger partial charge < -0.3 is 0 Å². The lowest BCUT2D eigenvalue weighted by Gasteiger charge is -2.13. The summed E-state index contributed by atoms with van der Waals surface area (Å²) in [6.45, 7) is 1.79. The van der Waals surface area contributed by atoms with Crippen molar-refractivity contribution in [3.05, 3.63) is 112 Å². The Morgan fingerprint density at radius 1 is 0.839 bits per heavy atom. The summed E-state index contributed by atoms with van der Waals surface area (Å²) in [5.74, 6) is -0.602. The Kier molecular flexibility index (Phi) is 5.80. The van der Waals surface area contributed by atoms with E-state index in [1.165, 1.54) is 0 Å². The van der Waals surface area contributed by atoms with Crippen molar-refractivity contribution in [1.82, 2.24) is 15.6 Å². The zero-order valence-electron chi connectivity index (χ0n) is 16.9. The van der Waals surface area contributed by atoms with Gasteiger partial charge in [0.05, 0.1) is 11.4 Å². The van der Waals surface area contributed by atoms with Gasteiger partial charge in [-0.3, -0.25) is 9.59 Å². The highest BCUT2D eigenvalue weighted by Crippen LogP contribution is 2.31. The summed E-state index contributed by atoms with van der Waals surface area (Å²) in [6, 6.07) is 28.2. The quantitative estimate of drug-likeness (QED) is 0.382. The number of H-pyrrole nitrogens is 1. The van der Waals surface area contributed by atoms with Crippen molar-refractivity contribution in [2.45, 2.75) is 6.92 Å². The molecule has 1 heterocycles. The molecule has 6 heteroatoms. The van der Waals surface area contributed by atoms with Gasteiger partial charge in [-0.1, -0.05) is 91.0 Å². The molecule has 0 aliphatic carbocycles. The number of nitrogens with zero attached hydrogens (tertiary/aromatic N) is 2. The number of benzene rings is 3. The molecule has 3 aromatic carbocycles. The van der Waals surface area contributed by atoms with Gasteiger partial charge in [-0.05, 0) is 18.1 Å². The molecule has 0 unspecified atom stereocenters. The Labute approximate surface area is 179 Å². The van der Waals surface area contributed by atoms with Crippen LogP contribution in [0.25, 0.3) is 22.4 Å². The Morgan fingerprint density at radius 2 is 1.39 bits per heavy atom. The van der Waals surface area contributed by atoms with Gasteiger partial charge in [-0.25, -0.2) is 10.5 Å². The third kappa shape index (κ3) is 4.33. The van der Waals surface area contributed by atoms with E-state index in [-0.39, 0.29) is 5.56 Å². The Hall–Kier alpha value is -4.32. The number of hydrogen-bond donors (Lipinski definition) is 2. The van der Waals surface area contributed by atoms with E-state index in [0.717, 1.165) is 11.1 Å². The van der Waals surface area contributed by atoms with Gasteiger partial charge in [0, 0.05) is 11.1 Å². The molecule has 2 N–H and O–H groups in total. The summed E-state index contributed by atoms with van der Waals surface area (Å²) in [6.07, 6.45) is 0. The first-order chi connectivity index (χ1) is 15.1. The molecule has 31 heavy (non-hydrogen) atoms. The fourth-order valence-electron chi connectivity index (χ4n) is 3.29. The summed E-state index contributed by atoms with van der Waals surface area (Å²) in [4.78, 5) is 25.8. The minimum atomic E-state index is -0.602. The maximum absolute atomic E-state index is 13.1. The fraction of sp³-hybridized carbons (Fsp3) is 0.0400. The standard InChI is InChI=1S/C25H20N4O2/c1-17(18-11-5-2-6-12-18)26-28-24(30)22-21(19-13-7-3-8-14-19)23(27-29-25(22)31)20-15-9-4-10-16-20/h2-16H,1H3,(H,28,30)(H,29,31)/b26-17-. The second-order valence-corrected chi connectivity index (χ2v) is 6.89. The highest BCUT2D eigenvalue weighted by Gasteiger charge is 2.22. The van der Waals surface area contributed by atoms with Crippen LogP contribution in [0.5, 0.6) is 0 Å². The maximum Gasteiger partial charge on any atom is 0.277 e. The highest BCUT2D eigenvalue weighted by molar-refractivity contribution is 6.05. The molecule has 0 radical (unpaired) electrons. The summed E-state index contributed by atoms with van der Waals surface area (Å²) in [5, 5.41) is 10.9. The smallest absolute Gasteiger partial charge is 0.267 e. The van der Waals surface area contributed by atoms with Gasteiger partial charge in [0.15, 0.2) is 0 Å². The number of aromatic nitrogens is 2. The summed E-state index contributed by atoms with van der Waals surface area (Å²) in [5.41, 5.74) is 5.89. The van der Waals surface area contributed by atoms with E-state index < -0.39 is 11.5 Å². The molecule has 4 aromatic rings. The number of nitrogens with one attached hydrogen (secondary N) is 2. The van der Waals surface area contributed by atoms with Gasteiger partial charge in [0.25, 0.3) is 11.5 Å². The van der Waals surface area contributed by atoms with Crippen molar-refractivity contribution in [3.8, 4) is 22.4 Å². The topological polar surface area (TPSA) is 87.2 Å². The van der Waals surface area contributed by atoms with Gasteiger partial charge in [0.1, 0.15) is 5.56 Å². The predicted octanol–water partition coefficient (Wildman–Crippen LogP) is 4.26. The number of amides is 1. The third-order valence-corrected chi connectivity index (χ3v) is 4.84. The van der Waals surface area contributed by atoms with E-state index in [0.29, 0.717) is 22.5 Å². The Morgan fingerprint density at radius 3 is 2.00 bits per heavy atom. The van der Waals surface area contributed by atoms with E-state index in [1.54, 1.807) is 6.92 Å². The number of aromatic amines is 1. The molecule has 1 aromatic heterocycles. The van der Waals surface area contributed by atoms with Gasteiger partial charge in [-0.15, -0.1) is 0 Å². The molecule has 6 nitrogen and oxygen atoms in total. The lowest BCUT2D eigenvalue weighted by Crippen LogP contribution is -2.29. The molecule has 0 atom stereocenters. The van der Waals surface area contributed by atoms with Crippen LogP contribution in [0.15, 0.2) is 101 Å². The van der Waals surface area contributed by atoms with E-state index in [1.807, 2.05) is 91.0 Å². The number of hydrogen-bond acceptors (Lipinski definition) is 4. The maximum atomic E-state index is 13.1. The van der Waals surface area contributed by atoms with Crippen molar-refractivity contribution >= 4 is 11.6 Å². The summed E-state index contributed by atoms with van der Waals surface area (Å²) in [7, 11) is 0. The molecule has 0 aliphatic heterocycles. The predicted molar refractivity (Wildman–Crippen MR) is 122 cm³/mol. The SMILES string of the molecule is C/C(=N/NC(=O)c1c(-c2ccccc2)c(-c2ccccc2)n[nH]c1=O)c1ccccc1. The number of hydrazone groups is 1. The first-order valence-electron chi connectivity index (χ1n) is 9.78. The first-order valence-corrected chi connectivity index (χ1v) is 9.78. The average molecular weight is 408 g/mol. The van der Waals surface area contributed by atoms with Crippen molar-refractivity contribution < 1.29 is 4.79 Å². The van der Waals surface area contributed by atoms with E-state index in [2.05, 4.69) is 20.7 Å². The molecule has 0 saturated heterocycles. The average Bonchev–Trinajstić information content (AvgIpc) is 2.83. The zero-order chi connectivity index (χ0) is 21.6. The second-order valence-electron chi connectivity index (χ2n) is 6.89. The van der Waals surface area contributed by atoms with Crippen LogP contribution in [-0.2, 0) is 0 Å². The van der Waals surface area contributed by atoms with Crippen LogP contribution in [0.1, 0.15) is 22.8 Å². The fourth-order valence-corrected chi connectivity index (χ4v) is 3.29. The van der Waals surface area contributed by atoms with E-state index >= 15 is 0 Å². The van der Waals surface area contributed by atoms with Crippen molar-refractivity contribution in [3.63, 3.8) is 0 Å². The molecule has 152 valence electrons. The lowest BCUT2D eigenvalue weighted by molar-refractivity contribution is 0.0954. The minimum Gasteiger partial charge on any atom is -0.267 e. The van der Waals surface area contributed by atoms with Crippen molar-refractivity contribution in [2.24, 2.45) is 5.10 Å². The molecule has 0 saturated carbocycles.